The van der Waals surface area contributed by atoms with Gasteiger partial charge >= 0.3 is 5.69 Å². The summed E-state index contributed by atoms with van der Waals surface area (Å²) in [6, 6.07) is 1.60. The molecule has 2 heterocycles. The van der Waals surface area contributed by atoms with Crippen LogP contribution < -0.4 is 16.6 Å². The van der Waals surface area contributed by atoms with Crippen molar-refractivity contribution in [3.63, 3.8) is 0 Å². The van der Waals surface area contributed by atoms with Gasteiger partial charge in [0.2, 0.25) is 5.91 Å². The van der Waals surface area contributed by atoms with Gasteiger partial charge in [0.15, 0.2) is 5.65 Å². The number of carbonyl (C=O) groups is 1. The Kier molecular flexibility index (Phi) is 5.01. The highest BCUT2D eigenvalue weighted by atomic mass is 16.2. The van der Waals surface area contributed by atoms with Gasteiger partial charge in [-0.1, -0.05) is 32.1 Å². The van der Waals surface area contributed by atoms with Gasteiger partial charge in [-0.25, -0.2) is 9.78 Å². The van der Waals surface area contributed by atoms with Crippen molar-refractivity contribution >= 4 is 22.6 Å². The zero-order valence-electron chi connectivity index (χ0n) is 14.7. The predicted molar refractivity (Wildman–Crippen MR) is 96.7 cm³/mol. The van der Waals surface area contributed by atoms with Crippen LogP contribution in [0.5, 0.6) is 0 Å². The van der Waals surface area contributed by atoms with Crippen molar-refractivity contribution in [2.75, 3.05) is 5.32 Å². The maximum atomic E-state index is 12.5. The number of nitrogens with zero attached hydrogens (tertiary/aromatic N) is 3. The van der Waals surface area contributed by atoms with E-state index in [-0.39, 0.29) is 16.9 Å². The molecule has 0 bridgehead atoms. The van der Waals surface area contributed by atoms with Crippen molar-refractivity contribution in [1.29, 1.82) is 0 Å². The van der Waals surface area contributed by atoms with Gasteiger partial charge in [0.25, 0.3) is 5.56 Å². The van der Waals surface area contributed by atoms with Crippen molar-refractivity contribution in [3.05, 3.63) is 33.1 Å². The Morgan fingerprint density at radius 2 is 1.92 bits per heavy atom. The Hall–Kier alpha value is -2.44. The van der Waals surface area contributed by atoms with Crippen molar-refractivity contribution in [1.82, 2.24) is 14.1 Å². The molecule has 0 radical (unpaired) electrons. The van der Waals surface area contributed by atoms with E-state index in [1.165, 1.54) is 49.9 Å². The van der Waals surface area contributed by atoms with Gasteiger partial charge in [-0.15, -0.1) is 0 Å². The first-order valence-electron chi connectivity index (χ1n) is 8.83. The molecule has 134 valence electrons. The first-order valence-corrected chi connectivity index (χ1v) is 8.83. The van der Waals surface area contributed by atoms with Crippen LogP contribution in [0.3, 0.4) is 0 Å². The van der Waals surface area contributed by atoms with Crippen molar-refractivity contribution in [2.45, 2.75) is 44.9 Å². The Labute approximate surface area is 145 Å². The molecule has 0 saturated heterocycles. The minimum Gasteiger partial charge on any atom is -0.325 e. The second-order valence-electron chi connectivity index (χ2n) is 6.85. The first kappa shape index (κ1) is 17.4. The van der Waals surface area contributed by atoms with Crippen LogP contribution >= 0.6 is 0 Å². The molecule has 1 fully saturated rings. The van der Waals surface area contributed by atoms with Gasteiger partial charge < -0.3 is 5.32 Å². The molecule has 1 saturated carbocycles. The Morgan fingerprint density at radius 3 is 2.64 bits per heavy atom. The normalized spacial score (nSPS) is 15.4. The third kappa shape index (κ3) is 3.50. The van der Waals surface area contributed by atoms with E-state index in [4.69, 9.17) is 0 Å². The molecule has 0 aliphatic heterocycles. The van der Waals surface area contributed by atoms with E-state index in [2.05, 4.69) is 10.3 Å². The fourth-order valence-corrected chi connectivity index (χ4v) is 3.61. The second-order valence-corrected chi connectivity index (χ2v) is 6.85. The van der Waals surface area contributed by atoms with E-state index < -0.39 is 11.2 Å². The molecule has 2 aromatic heterocycles. The molecule has 1 aliphatic rings. The van der Waals surface area contributed by atoms with Gasteiger partial charge in [0, 0.05) is 26.7 Å². The number of nitrogens with one attached hydrogen (secondary N) is 1. The number of amides is 1. The van der Waals surface area contributed by atoms with Crippen LogP contribution in [0.15, 0.2) is 21.9 Å². The molecule has 0 unspecified atom stereocenters. The van der Waals surface area contributed by atoms with E-state index in [1.807, 2.05) is 0 Å². The standard InChI is InChI=1S/C18H24N4O3/c1-21-16-15(17(24)22(2)18(21)25)13(10-11-19-16)20-14(23)9-8-12-6-4-3-5-7-12/h10-12H,3-9H2,1-2H3,(H,19,20,23). The molecule has 1 N–H and O–H groups in total. The minimum absolute atomic E-state index is 0.103. The van der Waals surface area contributed by atoms with Crippen molar-refractivity contribution < 1.29 is 4.79 Å². The number of hydrogen-bond acceptors (Lipinski definition) is 4. The topological polar surface area (TPSA) is 86.0 Å². The summed E-state index contributed by atoms with van der Waals surface area (Å²) in [5.74, 6) is 0.524. The summed E-state index contributed by atoms with van der Waals surface area (Å²) in [5, 5.41) is 3.09. The second kappa shape index (κ2) is 7.21. The zero-order valence-corrected chi connectivity index (χ0v) is 14.7. The van der Waals surface area contributed by atoms with Gasteiger partial charge in [0.05, 0.1) is 5.69 Å². The van der Waals surface area contributed by atoms with E-state index in [0.29, 0.717) is 18.0 Å². The van der Waals surface area contributed by atoms with Crippen LogP contribution in [0.2, 0.25) is 0 Å². The molecule has 0 aromatic carbocycles. The highest BCUT2D eigenvalue weighted by Crippen LogP contribution is 2.27. The van der Waals surface area contributed by atoms with Crippen LogP contribution in [0.1, 0.15) is 44.9 Å². The van der Waals surface area contributed by atoms with E-state index in [9.17, 15) is 14.4 Å². The molecule has 7 nitrogen and oxygen atoms in total. The number of rotatable bonds is 4. The number of anilines is 1. The maximum Gasteiger partial charge on any atom is 0.332 e. The van der Waals surface area contributed by atoms with Crippen LogP contribution in [0, 0.1) is 5.92 Å². The van der Waals surface area contributed by atoms with E-state index >= 15 is 0 Å². The average molecular weight is 344 g/mol. The van der Waals surface area contributed by atoms with Gasteiger partial charge in [0.1, 0.15) is 5.39 Å². The minimum atomic E-state index is -0.450. The molecular weight excluding hydrogens is 320 g/mol. The van der Waals surface area contributed by atoms with Crippen LogP contribution in [0.25, 0.3) is 11.0 Å². The molecule has 1 aliphatic carbocycles. The number of hydrogen-bond donors (Lipinski definition) is 1. The lowest BCUT2D eigenvalue weighted by Gasteiger charge is -2.21. The third-order valence-electron chi connectivity index (χ3n) is 5.12. The number of carbonyl (C=O) groups excluding carboxylic acids is 1. The molecule has 2 aromatic rings. The highest BCUT2D eigenvalue weighted by Gasteiger charge is 2.17. The van der Waals surface area contributed by atoms with Crippen molar-refractivity contribution in [3.8, 4) is 0 Å². The Morgan fingerprint density at radius 1 is 1.20 bits per heavy atom. The highest BCUT2D eigenvalue weighted by molar-refractivity contribution is 5.99. The first-order chi connectivity index (χ1) is 12.0. The average Bonchev–Trinajstić information content (AvgIpc) is 2.63. The summed E-state index contributed by atoms with van der Waals surface area (Å²) in [6.07, 6.45) is 9.04. The molecule has 25 heavy (non-hydrogen) atoms. The lowest BCUT2D eigenvalue weighted by Crippen LogP contribution is -2.37. The Bertz CT molecular complexity index is 907. The summed E-state index contributed by atoms with van der Waals surface area (Å²) in [6.45, 7) is 0. The largest absolute Gasteiger partial charge is 0.332 e. The van der Waals surface area contributed by atoms with Gasteiger partial charge in [-0.3, -0.25) is 18.7 Å². The fraction of sp³-hybridized carbons (Fsp3) is 0.556. The molecule has 1 amide bonds. The lowest BCUT2D eigenvalue weighted by atomic mass is 9.86. The smallest absolute Gasteiger partial charge is 0.325 e. The molecule has 0 spiro atoms. The van der Waals surface area contributed by atoms with E-state index in [1.54, 1.807) is 13.1 Å². The zero-order chi connectivity index (χ0) is 18.0. The van der Waals surface area contributed by atoms with E-state index in [0.717, 1.165) is 11.0 Å². The number of fused-ring (bicyclic) bond motifs is 1. The van der Waals surface area contributed by atoms with Crippen molar-refractivity contribution in [2.24, 2.45) is 20.0 Å². The summed E-state index contributed by atoms with van der Waals surface area (Å²) < 4.78 is 2.34. The summed E-state index contributed by atoms with van der Waals surface area (Å²) in [7, 11) is 2.98. The Balaban J connectivity index is 1.83. The monoisotopic (exact) mass is 344 g/mol. The maximum absolute atomic E-state index is 12.5. The van der Waals surface area contributed by atoms with Gasteiger partial charge in [-0.05, 0) is 18.4 Å². The molecule has 0 atom stereocenters. The number of pyridine rings is 1. The summed E-state index contributed by atoms with van der Waals surface area (Å²) >= 11 is 0. The molecule has 3 rings (SSSR count). The number of aromatic nitrogens is 3. The quantitative estimate of drug-likeness (QED) is 0.918. The SMILES string of the molecule is Cn1c(=O)c2c(NC(=O)CCC3CCCCC3)ccnc2n(C)c1=O. The van der Waals surface area contributed by atoms with Crippen LogP contribution in [-0.4, -0.2) is 20.0 Å². The summed E-state index contributed by atoms with van der Waals surface area (Å²) in [5.41, 5.74) is -0.201. The fourth-order valence-electron chi connectivity index (χ4n) is 3.61. The molecular formula is C18H24N4O3. The van der Waals surface area contributed by atoms with Crippen LogP contribution in [0.4, 0.5) is 5.69 Å². The number of aryl methyl sites for hydroxylation is 1. The lowest BCUT2D eigenvalue weighted by molar-refractivity contribution is -0.116. The van der Waals surface area contributed by atoms with Gasteiger partial charge in [-0.2, -0.15) is 0 Å². The predicted octanol–water partition coefficient (Wildman–Crippen LogP) is 1.93. The third-order valence-corrected chi connectivity index (χ3v) is 5.12. The molecule has 7 heteroatoms. The summed E-state index contributed by atoms with van der Waals surface area (Å²) in [4.78, 5) is 40.9. The van der Waals surface area contributed by atoms with Crippen LogP contribution in [-0.2, 0) is 18.9 Å².